The molecule has 8 nitrogen and oxygen atoms in total. The van der Waals surface area contributed by atoms with Crippen LogP contribution in [0.1, 0.15) is 60.8 Å². The van der Waals surface area contributed by atoms with Crippen LogP contribution in [-0.4, -0.2) is 48.6 Å². The lowest BCUT2D eigenvalue weighted by atomic mass is 9.89. The van der Waals surface area contributed by atoms with Crippen LogP contribution in [0.4, 0.5) is 9.59 Å². The lowest BCUT2D eigenvalue weighted by molar-refractivity contribution is 0.110. The van der Waals surface area contributed by atoms with Crippen LogP contribution in [0.2, 0.25) is 0 Å². The summed E-state index contributed by atoms with van der Waals surface area (Å²) >= 11 is 0. The molecule has 0 radical (unpaired) electrons. The summed E-state index contributed by atoms with van der Waals surface area (Å²) in [5.41, 5.74) is 10.6. The van der Waals surface area contributed by atoms with Gasteiger partial charge in [0.1, 0.15) is 0 Å². The number of nitrogens with two attached hydrogens (primary N) is 2. The van der Waals surface area contributed by atoms with Crippen molar-refractivity contribution in [3.63, 3.8) is 0 Å². The second kappa shape index (κ2) is 9.82. The quantitative estimate of drug-likeness (QED) is 0.523. The Kier molecular flexibility index (Phi) is 9.21. The van der Waals surface area contributed by atoms with Gasteiger partial charge in [-0.15, -0.1) is 0 Å². The summed E-state index contributed by atoms with van der Waals surface area (Å²) in [6.45, 7) is 12.0. The molecule has 8 heteroatoms. The molecular weight excluding hydrogens is 324 g/mol. The molecule has 0 fully saturated rings. The van der Waals surface area contributed by atoms with Crippen molar-refractivity contribution in [1.29, 1.82) is 0 Å². The molecule has 2 amide bonds. The third-order valence-corrected chi connectivity index (χ3v) is 3.26. The van der Waals surface area contributed by atoms with Crippen LogP contribution in [0, 0.1) is 0 Å². The highest BCUT2D eigenvalue weighted by Crippen LogP contribution is 2.17. The fourth-order valence-corrected chi connectivity index (χ4v) is 2.04. The maximum atomic E-state index is 11.7. The molecule has 0 unspecified atom stereocenters. The van der Waals surface area contributed by atoms with Crippen LogP contribution >= 0.6 is 0 Å². The number of rotatable bonds is 8. The van der Waals surface area contributed by atoms with Gasteiger partial charge in [0, 0.05) is 16.6 Å². The molecule has 148 valence electrons. The van der Waals surface area contributed by atoms with Crippen LogP contribution < -0.4 is 22.1 Å². The lowest BCUT2D eigenvalue weighted by Crippen LogP contribution is -2.46. The van der Waals surface area contributed by atoms with Crippen molar-refractivity contribution in [2.75, 3.05) is 19.8 Å². The zero-order chi connectivity index (χ0) is 19.7. The first kappa shape index (κ1) is 23.5. The number of nitrogens with one attached hydrogen (secondary N) is 2. The normalized spacial score (nSPS) is 12.5. The highest BCUT2D eigenvalue weighted by Gasteiger charge is 2.26. The van der Waals surface area contributed by atoms with Gasteiger partial charge in [-0.2, -0.15) is 0 Å². The smallest absolute Gasteiger partial charge is 0.407 e. The molecule has 0 aromatic heterocycles. The van der Waals surface area contributed by atoms with E-state index in [0.29, 0.717) is 25.8 Å². The molecule has 0 saturated heterocycles. The molecular formula is C17H36N4O4. The Morgan fingerprint density at radius 1 is 0.800 bits per heavy atom. The summed E-state index contributed by atoms with van der Waals surface area (Å²) in [7, 11) is 0. The zero-order valence-electron chi connectivity index (χ0n) is 16.5. The van der Waals surface area contributed by atoms with E-state index in [0.717, 1.165) is 0 Å². The lowest BCUT2D eigenvalue weighted by Gasteiger charge is -2.29. The highest BCUT2D eigenvalue weighted by atomic mass is 16.6. The van der Waals surface area contributed by atoms with E-state index in [4.69, 9.17) is 20.9 Å². The van der Waals surface area contributed by atoms with Gasteiger partial charge in [-0.05, 0) is 67.3 Å². The fourth-order valence-electron chi connectivity index (χ4n) is 2.04. The molecule has 25 heavy (non-hydrogen) atoms. The predicted molar refractivity (Wildman–Crippen MR) is 98.3 cm³/mol. The Morgan fingerprint density at radius 2 is 1.16 bits per heavy atom. The number of carbonyl (C=O) groups is 2. The SMILES string of the molecule is CC(C)(C)NC(=O)OCCC(N)(CCN)CCOC(=O)NC(C)(C)C. The van der Waals surface area contributed by atoms with Crippen LogP contribution in [0.3, 0.4) is 0 Å². The molecule has 0 heterocycles. The van der Waals surface area contributed by atoms with Gasteiger partial charge in [-0.3, -0.25) is 0 Å². The third-order valence-electron chi connectivity index (χ3n) is 3.26. The molecule has 0 bridgehead atoms. The van der Waals surface area contributed by atoms with Crippen molar-refractivity contribution in [3.05, 3.63) is 0 Å². The van der Waals surface area contributed by atoms with E-state index in [-0.39, 0.29) is 24.3 Å². The molecule has 0 atom stereocenters. The standard InChI is InChI=1S/C17H36N4O4/c1-15(2,3)20-13(22)24-11-8-17(19,7-10-18)9-12-25-14(23)21-16(4,5)6/h7-12,18-19H2,1-6H3,(H,20,22)(H,21,23). The first-order chi connectivity index (χ1) is 11.3. The maximum absolute atomic E-state index is 11.7. The highest BCUT2D eigenvalue weighted by molar-refractivity contribution is 5.68. The van der Waals surface area contributed by atoms with Crippen molar-refractivity contribution in [1.82, 2.24) is 10.6 Å². The van der Waals surface area contributed by atoms with Crippen molar-refractivity contribution in [3.8, 4) is 0 Å². The Morgan fingerprint density at radius 3 is 1.44 bits per heavy atom. The predicted octanol–water partition coefficient (Wildman–Crippen LogP) is 1.86. The first-order valence-electron chi connectivity index (χ1n) is 8.65. The van der Waals surface area contributed by atoms with E-state index in [1.807, 2.05) is 41.5 Å². The van der Waals surface area contributed by atoms with Crippen LogP contribution in [0.25, 0.3) is 0 Å². The number of hydrogen-bond acceptors (Lipinski definition) is 6. The van der Waals surface area contributed by atoms with Gasteiger partial charge in [0.15, 0.2) is 0 Å². The number of alkyl carbamates (subject to hydrolysis) is 2. The Hall–Kier alpha value is -1.54. The second-order valence-electron chi connectivity index (χ2n) is 8.42. The Balaban J connectivity index is 4.31. The molecule has 0 aliphatic rings. The van der Waals surface area contributed by atoms with E-state index in [2.05, 4.69) is 10.6 Å². The monoisotopic (exact) mass is 360 g/mol. The van der Waals surface area contributed by atoms with Crippen molar-refractivity contribution < 1.29 is 19.1 Å². The summed E-state index contributed by atoms with van der Waals surface area (Å²) in [5, 5.41) is 5.43. The fraction of sp³-hybridized carbons (Fsp3) is 0.882. The van der Waals surface area contributed by atoms with Gasteiger partial charge in [0.2, 0.25) is 0 Å². The van der Waals surface area contributed by atoms with Gasteiger partial charge >= 0.3 is 12.2 Å². The van der Waals surface area contributed by atoms with Gasteiger partial charge in [-0.1, -0.05) is 0 Å². The summed E-state index contributed by atoms with van der Waals surface area (Å²) in [6.07, 6.45) is 0.450. The van der Waals surface area contributed by atoms with Crippen LogP contribution in [0.15, 0.2) is 0 Å². The minimum Gasteiger partial charge on any atom is -0.449 e. The van der Waals surface area contributed by atoms with E-state index in [9.17, 15) is 9.59 Å². The van der Waals surface area contributed by atoms with Gasteiger partial charge in [0.05, 0.1) is 13.2 Å². The van der Waals surface area contributed by atoms with Crippen molar-refractivity contribution in [2.24, 2.45) is 11.5 Å². The van der Waals surface area contributed by atoms with E-state index in [1.54, 1.807) is 0 Å². The van der Waals surface area contributed by atoms with E-state index in [1.165, 1.54) is 0 Å². The Bertz CT molecular complexity index is 393. The minimum atomic E-state index is -0.654. The molecule has 0 aliphatic heterocycles. The number of ether oxygens (including phenoxy) is 2. The molecule has 0 aromatic carbocycles. The third kappa shape index (κ3) is 13.4. The largest absolute Gasteiger partial charge is 0.449 e. The summed E-state index contributed by atoms with van der Waals surface area (Å²) in [6, 6.07) is 0. The summed E-state index contributed by atoms with van der Waals surface area (Å²) in [4.78, 5) is 23.3. The van der Waals surface area contributed by atoms with Gasteiger partial charge in [0.25, 0.3) is 0 Å². The molecule has 0 spiro atoms. The first-order valence-corrected chi connectivity index (χ1v) is 8.65. The molecule has 0 aliphatic carbocycles. The maximum Gasteiger partial charge on any atom is 0.407 e. The molecule has 0 aromatic rings. The minimum absolute atomic E-state index is 0.173. The van der Waals surface area contributed by atoms with Gasteiger partial charge < -0.3 is 31.6 Å². The van der Waals surface area contributed by atoms with Gasteiger partial charge in [-0.25, -0.2) is 9.59 Å². The van der Waals surface area contributed by atoms with Crippen LogP contribution in [-0.2, 0) is 9.47 Å². The average Bonchev–Trinajstić information content (AvgIpc) is 2.34. The summed E-state index contributed by atoms with van der Waals surface area (Å²) < 4.78 is 10.3. The van der Waals surface area contributed by atoms with E-state index < -0.39 is 17.7 Å². The zero-order valence-corrected chi connectivity index (χ0v) is 16.5. The number of amides is 2. The molecule has 0 saturated carbocycles. The Labute approximate surface area is 151 Å². The number of hydrogen-bond donors (Lipinski definition) is 4. The van der Waals surface area contributed by atoms with E-state index >= 15 is 0 Å². The average molecular weight is 360 g/mol. The second-order valence-corrected chi connectivity index (χ2v) is 8.42. The van der Waals surface area contributed by atoms with Crippen molar-refractivity contribution >= 4 is 12.2 Å². The summed E-state index contributed by atoms with van der Waals surface area (Å²) in [5.74, 6) is 0. The van der Waals surface area contributed by atoms with Crippen molar-refractivity contribution in [2.45, 2.75) is 77.4 Å². The molecule has 6 N–H and O–H groups in total. The number of carbonyl (C=O) groups excluding carboxylic acids is 2. The topological polar surface area (TPSA) is 129 Å². The molecule has 0 rings (SSSR count). The van der Waals surface area contributed by atoms with Crippen LogP contribution in [0.5, 0.6) is 0 Å².